The van der Waals surface area contributed by atoms with Crippen molar-refractivity contribution in [3.63, 3.8) is 0 Å². The summed E-state index contributed by atoms with van der Waals surface area (Å²) in [5.74, 6) is 0. The Hall–Kier alpha value is -1.37. The van der Waals surface area contributed by atoms with Gasteiger partial charge in [-0.2, -0.15) is 5.26 Å². The lowest BCUT2D eigenvalue weighted by molar-refractivity contribution is 0.125. The Morgan fingerprint density at radius 2 is 1.89 bits per heavy atom. The number of fused-ring (bicyclic) bond motifs is 1. The highest BCUT2D eigenvalue weighted by atomic mass is 15.2. The molecule has 2 N–H and O–H groups in total. The van der Waals surface area contributed by atoms with E-state index in [9.17, 15) is 0 Å². The quantitative estimate of drug-likeness (QED) is 0.837. The van der Waals surface area contributed by atoms with Gasteiger partial charge in [0.1, 0.15) is 5.54 Å². The van der Waals surface area contributed by atoms with Gasteiger partial charge in [0.15, 0.2) is 0 Å². The molecule has 3 nitrogen and oxygen atoms in total. The summed E-state index contributed by atoms with van der Waals surface area (Å²) in [6.07, 6.45) is 4.95. The van der Waals surface area contributed by atoms with Crippen molar-refractivity contribution in [1.29, 1.82) is 5.26 Å². The number of hydrogen-bond acceptors (Lipinski definition) is 3. The molecule has 3 rings (SSSR count). The fourth-order valence-corrected chi connectivity index (χ4v) is 3.42. The molecule has 2 aliphatic rings. The van der Waals surface area contributed by atoms with Crippen LogP contribution in [0.2, 0.25) is 0 Å². The second kappa shape index (κ2) is 4.96. The van der Waals surface area contributed by atoms with Gasteiger partial charge in [0.2, 0.25) is 0 Å². The van der Waals surface area contributed by atoms with E-state index in [1.807, 2.05) is 0 Å². The normalized spacial score (nSPS) is 31.5. The van der Waals surface area contributed by atoms with Crippen molar-refractivity contribution in [2.75, 3.05) is 6.54 Å². The molecule has 1 aliphatic carbocycles. The molecule has 1 heterocycles. The van der Waals surface area contributed by atoms with Crippen LogP contribution in [-0.4, -0.2) is 23.0 Å². The number of hydrogen-bond donors (Lipinski definition) is 1. The van der Waals surface area contributed by atoms with E-state index in [1.54, 1.807) is 0 Å². The van der Waals surface area contributed by atoms with Crippen LogP contribution < -0.4 is 5.73 Å². The zero-order valence-corrected chi connectivity index (χ0v) is 11.3. The summed E-state index contributed by atoms with van der Waals surface area (Å²) in [6, 6.07) is 11.6. The van der Waals surface area contributed by atoms with E-state index in [4.69, 9.17) is 11.0 Å². The van der Waals surface area contributed by atoms with E-state index in [0.29, 0.717) is 6.04 Å². The highest BCUT2D eigenvalue weighted by molar-refractivity contribution is 5.29. The molecule has 19 heavy (non-hydrogen) atoms. The Morgan fingerprint density at radius 3 is 2.58 bits per heavy atom. The molecule has 0 amide bonds. The first-order valence-corrected chi connectivity index (χ1v) is 7.21. The van der Waals surface area contributed by atoms with Gasteiger partial charge in [0.05, 0.1) is 6.07 Å². The fraction of sp³-hybridized carbons (Fsp3) is 0.562. The number of rotatable bonds is 1. The van der Waals surface area contributed by atoms with Crippen LogP contribution in [0.4, 0.5) is 0 Å². The van der Waals surface area contributed by atoms with Gasteiger partial charge in [-0.25, -0.2) is 0 Å². The molecule has 1 aromatic rings. The molecule has 1 aromatic carbocycles. The van der Waals surface area contributed by atoms with Crippen LogP contribution in [0.15, 0.2) is 24.3 Å². The monoisotopic (exact) mass is 255 g/mol. The second-order valence-electron chi connectivity index (χ2n) is 5.99. The van der Waals surface area contributed by atoms with E-state index in [1.165, 1.54) is 11.1 Å². The maximum absolute atomic E-state index is 9.09. The van der Waals surface area contributed by atoms with Gasteiger partial charge in [0, 0.05) is 19.1 Å². The molecule has 0 saturated heterocycles. The Morgan fingerprint density at radius 1 is 1.21 bits per heavy atom. The third-order valence-electron chi connectivity index (χ3n) is 4.75. The topological polar surface area (TPSA) is 53.1 Å². The largest absolute Gasteiger partial charge is 0.313 e. The standard InChI is InChI=1S/C16H21N3/c17-12-16(18)8-5-15(6-9-16)19-10-7-13-3-1-2-4-14(13)11-19/h1-4,15H,5-11,18H2. The van der Waals surface area contributed by atoms with Crippen molar-refractivity contribution in [3.05, 3.63) is 35.4 Å². The number of nitriles is 1. The van der Waals surface area contributed by atoms with Gasteiger partial charge in [-0.15, -0.1) is 0 Å². The van der Waals surface area contributed by atoms with Gasteiger partial charge < -0.3 is 5.73 Å². The smallest absolute Gasteiger partial charge is 0.104 e. The first kappa shape index (κ1) is 12.7. The summed E-state index contributed by atoms with van der Waals surface area (Å²) in [7, 11) is 0. The van der Waals surface area contributed by atoms with Crippen LogP contribution in [0.3, 0.4) is 0 Å². The summed E-state index contributed by atoms with van der Waals surface area (Å²) in [6.45, 7) is 2.21. The Bertz CT molecular complexity index is 495. The van der Waals surface area contributed by atoms with Gasteiger partial charge in [-0.3, -0.25) is 4.90 Å². The summed E-state index contributed by atoms with van der Waals surface area (Å²) >= 11 is 0. The summed E-state index contributed by atoms with van der Waals surface area (Å²) < 4.78 is 0. The molecule has 0 spiro atoms. The van der Waals surface area contributed by atoms with E-state index in [-0.39, 0.29) is 0 Å². The molecule has 3 heteroatoms. The molecule has 1 saturated carbocycles. The minimum absolute atomic E-state index is 0.565. The molecule has 1 fully saturated rings. The zero-order chi connectivity index (χ0) is 13.3. The molecule has 0 radical (unpaired) electrons. The van der Waals surface area contributed by atoms with Crippen molar-refractivity contribution in [2.45, 2.75) is 50.2 Å². The van der Waals surface area contributed by atoms with Gasteiger partial charge in [0.25, 0.3) is 0 Å². The predicted molar refractivity (Wildman–Crippen MR) is 75.3 cm³/mol. The van der Waals surface area contributed by atoms with Crippen LogP contribution in [-0.2, 0) is 13.0 Å². The van der Waals surface area contributed by atoms with Crippen LogP contribution in [0.1, 0.15) is 36.8 Å². The average Bonchev–Trinajstić information content (AvgIpc) is 2.47. The minimum Gasteiger partial charge on any atom is -0.313 e. The molecule has 0 aromatic heterocycles. The maximum Gasteiger partial charge on any atom is 0.104 e. The van der Waals surface area contributed by atoms with Gasteiger partial charge in [-0.05, 0) is 43.2 Å². The third-order valence-corrected chi connectivity index (χ3v) is 4.75. The van der Waals surface area contributed by atoms with Crippen molar-refractivity contribution in [2.24, 2.45) is 5.73 Å². The second-order valence-corrected chi connectivity index (χ2v) is 5.99. The Balaban J connectivity index is 1.65. The zero-order valence-electron chi connectivity index (χ0n) is 11.3. The SMILES string of the molecule is N#CC1(N)CCC(N2CCc3ccccc3C2)CC1. The van der Waals surface area contributed by atoms with Crippen LogP contribution in [0, 0.1) is 11.3 Å². The van der Waals surface area contributed by atoms with Crippen LogP contribution >= 0.6 is 0 Å². The lowest BCUT2D eigenvalue weighted by atomic mass is 9.80. The molecule has 1 aliphatic heterocycles. The molecular weight excluding hydrogens is 234 g/mol. The van der Waals surface area contributed by atoms with Crippen molar-refractivity contribution >= 4 is 0 Å². The molecule has 0 unspecified atom stereocenters. The van der Waals surface area contributed by atoms with E-state index < -0.39 is 5.54 Å². The van der Waals surface area contributed by atoms with Crippen molar-refractivity contribution in [1.82, 2.24) is 4.90 Å². The Labute approximate surface area is 115 Å². The number of nitrogens with two attached hydrogens (primary N) is 1. The van der Waals surface area contributed by atoms with Gasteiger partial charge in [-0.1, -0.05) is 24.3 Å². The van der Waals surface area contributed by atoms with Crippen LogP contribution in [0.25, 0.3) is 0 Å². The van der Waals surface area contributed by atoms with E-state index in [2.05, 4.69) is 35.2 Å². The molecule has 0 bridgehead atoms. The highest BCUT2D eigenvalue weighted by Crippen LogP contribution is 2.31. The summed E-state index contributed by atoms with van der Waals surface area (Å²) in [5.41, 5.74) is 8.45. The van der Waals surface area contributed by atoms with Gasteiger partial charge >= 0.3 is 0 Å². The first-order chi connectivity index (χ1) is 9.20. The highest BCUT2D eigenvalue weighted by Gasteiger charge is 2.34. The van der Waals surface area contributed by atoms with Crippen molar-refractivity contribution in [3.8, 4) is 6.07 Å². The predicted octanol–water partition coefficient (Wildman–Crippen LogP) is 2.21. The number of benzene rings is 1. The lowest BCUT2D eigenvalue weighted by Crippen LogP contribution is -2.48. The summed E-state index contributed by atoms with van der Waals surface area (Å²) in [4.78, 5) is 2.58. The minimum atomic E-state index is -0.565. The third kappa shape index (κ3) is 2.51. The number of nitrogens with zero attached hydrogens (tertiary/aromatic N) is 2. The lowest BCUT2D eigenvalue weighted by Gasteiger charge is -2.40. The average molecular weight is 255 g/mol. The molecule has 100 valence electrons. The van der Waals surface area contributed by atoms with Crippen molar-refractivity contribution < 1.29 is 0 Å². The molecule has 0 atom stereocenters. The van der Waals surface area contributed by atoms with E-state index >= 15 is 0 Å². The Kier molecular flexibility index (Phi) is 3.30. The maximum atomic E-state index is 9.09. The fourth-order valence-electron chi connectivity index (χ4n) is 3.42. The summed E-state index contributed by atoms with van der Waals surface area (Å²) in [5, 5.41) is 9.09. The van der Waals surface area contributed by atoms with Crippen LogP contribution in [0.5, 0.6) is 0 Å². The van der Waals surface area contributed by atoms with E-state index in [0.717, 1.165) is 45.2 Å². The molecular formula is C16H21N3. The first-order valence-electron chi connectivity index (χ1n) is 7.21.